The van der Waals surface area contributed by atoms with Crippen molar-refractivity contribution >= 4 is 17.7 Å². The van der Waals surface area contributed by atoms with Crippen LogP contribution in [0.3, 0.4) is 0 Å². The zero-order valence-electron chi connectivity index (χ0n) is 13.6. The van der Waals surface area contributed by atoms with Gasteiger partial charge in [0.15, 0.2) is 0 Å². The maximum absolute atomic E-state index is 12.4. The minimum atomic E-state index is -0.00376. The maximum Gasteiger partial charge on any atom is 0.251 e. The molecule has 2 N–H and O–H groups in total. The fourth-order valence-electron chi connectivity index (χ4n) is 3.55. The second-order valence-electron chi connectivity index (χ2n) is 6.48. The third kappa shape index (κ3) is 3.53. The zero-order chi connectivity index (χ0) is 17.2. The molecule has 0 aliphatic carbocycles. The molecule has 25 heavy (non-hydrogen) atoms. The van der Waals surface area contributed by atoms with Crippen molar-refractivity contribution in [3.8, 4) is 6.07 Å². The Morgan fingerprint density at radius 3 is 2.60 bits per heavy atom. The number of nitrogens with one attached hydrogen (secondary N) is 2. The summed E-state index contributed by atoms with van der Waals surface area (Å²) in [5.41, 5.74) is 1.09. The molecule has 1 aromatic carbocycles. The van der Waals surface area contributed by atoms with Gasteiger partial charge in [-0.2, -0.15) is 5.26 Å². The van der Waals surface area contributed by atoms with Crippen LogP contribution in [0.1, 0.15) is 35.3 Å². The van der Waals surface area contributed by atoms with Crippen LogP contribution < -0.4 is 10.6 Å². The monoisotopic (exact) mass is 350 g/mol. The first-order chi connectivity index (χ1) is 12.2. The number of carbonyl (C=O) groups excluding carboxylic acids is 1. The van der Waals surface area contributed by atoms with Gasteiger partial charge in [0.1, 0.15) is 11.8 Å². The fourth-order valence-corrected chi connectivity index (χ4v) is 4.34. The van der Waals surface area contributed by atoms with Crippen molar-refractivity contribution in [2.45, 2.75) is 47.2 Å². The number of benzene rings is 1. The molecule has 0 unspecified atom stereocenters. The van der Waals surface area contributed by atoms with E-state index in [0.717, 1.165) is 22.6 Å². The number of nitrogens with zero attached hydrogens (tertiary/aromatic N) is 2. The Morgan fingerprint density at radius 1 is 1.20 bits per heavy atom. The molecule has 1 amide bonds. The minimum absolute atomic E-state index is 0.00376. The average molecular weight is 350 g/mol. The number of nitriles is 1. The average Bonchev–Trinajstić information content (AvgIpc) is 3.26. The van der Waals surface area contributed by atoms with Crippen molar-refractivity contribution in [2.75, 3.05) is 0 Å². The first-order valence-electron chi connectivity index (χ1n) is 8.42. The van der Waals surface area contributed by atoms with Gasteiger partial charge < -0.3 is 10.6 Å². The normalized spacial score (nSPS) is 24.0. The lowest BCUT2D eigenvalue weighted by Crippen LogP contribution is -2.42. The topological polar surface area (TPSA) is 77.8 Å². The number of pyridine rings is 1. The highest BCUT2D eigenvalue weighted by molar-refractivity contribution is 7.99. The van der Waals surface area contributed by atoms with Crippen LogP contribution in [0.5, 0.6) is 0 Å². The van der Waals surface area contributed by atoms with Crippen molar-refractivity contribution in [2.24, 2.45) is 0 Å². The lowest BCUT2D eigenvalue weighted by molar-refractivity contribution is 0.0931. The third-order valence-electron chi connectivity index (χ3n) is 4.82. The molecule has 0 saturated carbocycles. The van der Waals surface area contributed by atoms with E-state index in [9.17, 15) is 4.79 Å². The lowest BCUT2D eigenvalue weighted by Gasteiger charge is -2.21. The van der Waals surface area contributed by atoms with E-state index < -0.39 is 0 Å². The molecule has 2 aliphatic rings. The van der Waals surface area contributed by atoms with Crippen molar-refractivity contribution in [3.05, 3.63) is 53.9 Å². The highest BCUT2D eigenvalue weighted by Crippen LogP contribution is 2.29. The Morgan fingerprint density at radius 2 is 2.00 bits per heavy atom. The van der Waals surface area contributed by atoms with Crippen LogP contribution in [-0.4, -0.2) is 29.0 Å². The summed E-state index contributed by atoms with van der Waals surface area (Å²) in [6, 6.07) is 14.5. The standard InChI is InChI=1S/C19H18N4OS/c20-10-14-3-7-16(11-21-14)25-15-5-1-12(2-6-15)19(24)23-18-9-13-4-8-17(18)22-13/h1-3,5-7,11,13,17-18,22H,4,8-9H2,(H,23,24)/t13-,17+,18-/m1/s1. The van der Waals surface area contributed by atoms with Crippen molar-refractivity contribution < 1.29 is 4.79 Å². The molecule has 3 heterocycles. The predicted molar refractivity (Wildman–Crippen MR) is 95.3 cm³/mol. The van der Waals surface area contributed by atoms with Crippen LogP contribution in [-0.2, 0) is 0 Å². The molecule has 0 spiro atoms. The summed E-state index contributed by atoms with van der Waals surface area (Å²) in [6.07, 6.45) is 5.11. The van der Waals surface area contributed by atoms with Crippen LogP contribution in [0.25, 0.3) is 0 Å². The number of rotatable bonds is 4. The second kappa shape index (κ2) is 6.87. The van der Waals surface area contributed by atoms with Gasteiger partial charge in [-0.1, -0.05) is 11.8 Å². The number of amides is 1. The van der Waals surface area contributed by atoms with Gasteiger partial charge in [0.05, 0.1) is 0 Å². The van der Waals surface area contributed by atoms with E-state index in [2.05, 4.69) is 15.6 Å². The van der Waals surface area contributed by atoms with E-state index in [1.807, 2.05) is 36.4 Å². The molecular formula is C19H18N4OS. The van der Waals surface area contributed by atoms with Gasteiger partial charge in [-0.15, -0.1) is 0 Å². The highest BCUT2D eigenvalue weighted by Gasteiger charge is 2.39. The molecule has 5 nitrogen and oxygen atoms in total. The van der Waals surface area contributed by atoms with E-state index in [1.54, 1.807) is 24.0 Å². The summed E-state index contributed by atoms with van der Waals surface area (Å²) in [6.45, 7) is 0. The molecule has 2 saturated heterocycles. The van der Waals surface area contributed by atoms with Crippen LogP contribution >= 0.6 is 11.8 Å². The molecule has 0 radical (unpaired) electrons. The smallest absolute Gasteiger partial charge is 0.251 e. The van der Waals surface area contributed by atoms with Gasteiger partial charge in [-0.05, 0) is 55.7 Å². The lowest BCUT2D eigenvalue weighted by atomic mass is 9.95. The van der Waals surface area contributed by atoms with Gasteiger partial charge in [0.2, 0.25) is 0 Å². The molecule has 4 rings (SSSR count). The Kier molecular flexibility index (Phi) is 4.43. The first kappa shape index (κ1) is 16.1. The van der Waals surface area contributed by atoms with Gasteiger partial charge in [-0.25, -0.2) is 4.98 Å². The molecule has 2 aliphatic heterocycles. The van der Waals surface area contributed by atoms with Crippen LogP contribution in [0, 0.1) is 11.3 Å². The maximum atomic E-state index is 12.4. The van der Waals surface area contributed by atoms with E-state index in [0.29, 0.717) is 23.3 Å². The Bertz CT molecular complexity index is 813. The quantitative estimate of drug-likeness (QED) is 0.886. The van der Waals surface area contributed by atoms with E-state index in [4.69, 9.17) is 5.26 Å². The van der Waals surface area contributed by atoms with Crippen LogP contribution in [0.4, 0.5) is 0 Å². The molecule has 6 heteroatoms. The zero-order valence-corrected chi connectivity index (χ0v) is 14.4. The first-order valence-corrected chi connectivity index (χ1v) is 9.24. The van der Waals surface area contributed by atoms with Crippen molar-refractivity contribution in [1.82, 2.24) is 15.6 Å². The Labute approximate surface area is 150 Å². The van der Waals surface area contributed by atoms with E-state index in [1.165, 1.54) is 6.42 Å². The van der Waals surface area contributed by atoms with Gasteiger partial charge in [0, 0.05) is 39.7 Å². The number of aromatic nitrogens is 1. The summed E-state index contributed by atoms with van der Waals surface area (Å²) in [7, 11) is 0. The number of hydrogen-bond donors (Lipinski definition) is 2. The summed E-state index contributed by atoms with van der Waals surface area (Å²) < 4.78 is 0. The van der Waals surface area contributed by atoms with Gasteiger partial charge >= 0.3 is 0 Å². The Balaban J connectivity index is 1.37. The summed E-state index contributed by atoms with van der Waals surface area (Å²) in [5, 5.41) is 15.5. The molecular weight excluding hydrogens is 332 g/mol. The number of hydrogen-bond acceptors (Lipinski definition) is 5. The van der Waals surface area contributed by atoms with Crippen molar-refractivity contribution in [3.63, 3.8) is 0 Å². The SMILES string of the molecule is N#Cc1ccc(Sc2ccc(C(=O)N[C@@H]3C[C@H]4CC[C@@H]3N4)cc2)cn1. The van der Waals surface area contributed by atoms with Crippen molar-refractivity contribution in [1.29, 1.82) is 5.26 Å². The van der Waals surface area contributed by atoms with Crippen LogP contribution in [0.15, 0.2) is 52.4 Å². The molecule has 1 aromatic heterocycles. The fraction of sp³-hybridized carbons (Fsp3) is 0.316. The molecule has 3 atom stereocenters. The highest BCUT2D eigenvalue weighted by atomic mass is 32.2. The van der Waals surface area contributed by atoms with Gasteiger partial charge in [0.25, 0.3) is 5.91 Å². The Hall–Kier alpha value is -2.36. The second-order valence-corrected chi connectivity index (χ2v) is 7.63. The predicted octanol–water partition coefficient (Wildman–Crippen LogP) is 2.73. The molecule has 2 bridgehead atoms. The van der Waals surface area contributed by atoms with E-state index in [-0.39, 0.29) is 11.9 Å². The third-order valence-corrected chi connectivity index (χ3v) is 5.80. The number of carbonyl (C=O) groups is 1. The molecule has 2 fully saturated rings. The summed E-state index contributed by atoms with van der Waals surface area (Å²) in [5.74, 6) is -0.00376. The molecule has 2 aromatic rings. The molecule has 126 valence electrons. The summed E-state index contributed by atoms with van der Waals surface area (Å²) >= 11 is 1.56. The number of fused-ring (bicyclic) bond motifs is 2. The van der Waals surface area contributed by atoms with Crippen LogP contribution in [0.2, 0.25) is 0 Å². The summed E-state index contributed by atoms with van der Waals surface area (Å²) in [4.78, 5) is 18.5. The largest absolute Gasteiger partial charge is 0.348 e. The van der Waals surface area contributed by atoms with E-state index >= 15 is 0 Å². The van der Waals surface area contributed by atoms with Gasteiger partial charge in [-0.3, -0.25) is 4.79 Å². The minimum Gasteiger partial charge on any atom is -0.348 e.